The number of carbonyl (C=O) groups is 1. The number of carboxylic acid groups (broad SMARTS) is 1. The lowest BCUT2D eigenvalue weighted by Gasteiger charge is -2.21. The first kappa shape index (κ1) is 15.1. The smallest absolute Gasteiger partial charge is 0.405 e. The van der Waals surface area contributed by atoms with Crippen molar-refractivity contribution in [1.29, 1.82) is 0 Å². The fourth-order valence-corrected chi connectivity index (χ4v) is 3.07. The van der Waals surface area contributed by atoms with E-state index < -0.39 is 6.09 Å². The summed E-state index contributed by atoms with van der Waals surface area (Å²) in [5, 5.41) is 11.6. The number of benzene rings is 2. The molecule has 22 heavy (non-hydrogen) atoms. The molecule has 0 saturated heterocycles. The van der Waals surface area contributed by atoms with Gasteiger partial charge in [0.15, 0.2) is 0 Å². The van der Waals surface area contributed by atoms with Gasteiger partial charge in [-0.1, -0.05) is 52.3 Å². The maximum atomic E-state index is 11.1. The molecule has 2 aromatic carbocycles. The van der Waals surface area contributed by atoms with Crippen molar-refractivity contribution < 1.29 is 14.6 Å². The Morgan fingerprint density at radius 3 is 2.68 bits per heavy atom. The van der Waals surface area contributed by atoms with Gasteiger partial charge < -0.3 is 15.2 Å². The predicted molar refractivity (Wildman–Crippen MR) is 86.8 cm³/mol. The van der Waals surface area contributed by atoms with Gasteiger partial charge in [-0.3, -0.25) is 0 Å². The highest BCUT2D eigenvalue weighted by Crippen LogP contribution is 2.33. The van der Waals surface area contributed by atoms with Crippen LogP contribution < -0.4 is 5.32 Å². The van der Waals surface area contributed by atoms with Gasteiger partial charge in [-0.2, -0.15) is 0 Å². The zero-order valence-electron chi connectivity index (χ0n) is 11.8. The molecule has 5 heteroatoms. The van der Waals surface area contributed by atoms with E-state index in [1.54, 1.807) is 0 Å². The van der Waals surface area contributed by atoms with E-state index in [9.17, 15) is 4.79 Å². The van der Waals surface area contributed by atoms with E-state index in [1.165, 1.54) is 0 Å². The molecule has 0 unspecified atom stereocenters. The van der Waals surface area contributed by atoms with E-state index in [0.717, 1.165) is 27.6 Å². The molecule has 0 saturated carbocycles. The second kappa shape index (κ2) is 6.50. The molecule has 0 radical (unpaired) electrons. The second-order valence-electron chi connectivity index (χ2n) is 5.31. The standard InChI is InChI=1S/C17H16BrNO3/c18-13-7-5-11(6-8-13)10-22-15-9-12-3-1-2-4-14(12)16(15)19-17(20)21/h1-8,15-16,19H,9-10H2,(H,20,21)/t15-,16+/m0/s1. The van der Waals surface area contributed by atoms with E-state index in [4.69, 9.17) is 9.84 Å². The van der Waals surface area contributed by atoms with E-state index >= 15 is 0 Å². The largest absolute Gasteiger partial charge is 0.465 e. The van der Waals surface area contributed by atoms with Crippen LogP contribution in [0.15, 0.2) is 53.0 Å². The average molecular weight is 362 g/mol. The molecule has 114 valence electrons. The lowest BCUT2D eigenvalue weighted by Crippen LogP contribution is -2.34. The highest BCUT2D eigenvalue weighted by molar-refractivity contribution is 9.10. The third-order valence-electron chi connectivity index (χ3n) is 3.84. The summed E-state index contributed by atoms with van der Waals surface area (Å²) in [5.74, 6) is 0. The van der Waals surface area contributed by atoms with Crippen molar-refractivity contribution in [2.24, 2.45) is 0 Å². The lowest BCUT2D eigenvalue weighted by atomic mass is 10.1. The van der Waals surface area contributed by atoms with Gasteiger partial charge in [0.2, 0.25) is 0 Å². The van der Waals surface area contributed by atoms with Crippen LogP contribution in [0.5, 0.6) is 0 Å². The molecule has 1 aliphatic rings. The Balaban J connectivity index is 1.72. The zero-order chi connectivity index (χ0) is 15.5. The monoisotopic (exact) mass is 361 g/mol. The fraction of sp³-hybridized carbons (Fsp3) is 0.235. The van der Waals surface area contributed by atoms with Crippen LogP contribution >= 0.6 is 15.9 Å². The van der Waals surface area contributed by atoms with Crippen LogP contribution in [0.4, 0.5) is 4.79 Å². The van der Waals surface area contributed by atoms with Crippen LogP contribution in [0, 0.1) is 0 Å². The molecule has 0 bridgehead atoms. The summed E-state index contributed by atoms with van der Waals surface area (Å²) in [6.07, 6.45) is -0.492. The number of hydrogen-bond acceptors (Lipinski definition) is 2. The van der Waals surface area contributed by atoms with Crippen LogP contribution in [0.25, 0.3) is 0 Å². The molecule has 0 aromatic heterocycles. The molecule has 2 N–H and O–H groups in total. The Morgan fingerprint density at radius 2 is 1.95 bits per heavy atom. The van der Waals surface area contributed by atoms with Crippen molar-refractivity contribution in [1.82, 2.24) is 5.32 Å². The number of fused-ring (bicyclic) bond motifs is 1. The minimum absolute atomic E-state index is 0.183. The molecule has 0 aliphatic heterocycles. The maximum Gasteiger partial charge on any atom is 0.405 e. The van der Waals surface area contributed by atoms with Crippen molar-refractivity contribution in [3.63, 3.8) is 0 Å². The summed E-state index contributed by atoms with van der Waals surface area (Å²) in [6, 6.07) is 15.5. The molecule has 2 atom stereocenters. The number of hydrogen-bond donors (Lipinski definition) is 2. The predicted octanol–water partition coefficient (Wildman–Crippen LogP) is 3.90. The van der Waals surface area contributed by atoms with E-state index in [2.05, 4.69) is 21.2 Å². The van der Waals surface area contributed by atoms with E-state index in [0.29, 0.717) is 6.61 Å². The highest BCUT2D eigenvalue weighted by atomic mass is 79.9. The Hall–Kier alpha value is -1.85. The van der Waals surface area contributed by atoms with E-state index in [-0.39, 0.29) is 12.1 Å². The van der Waals surface area contributed by atoms with Crippen molar-refractivity contribution in [2.45, 2.75) is 25.2 Å². The topological polar surface area (TPSA) is 58.6 Å². The Morgan fingerprint density at radius 1 is 1.23 bits per heavy atom. The van der Waals surface area contributed by atoms with Gasteiger partial charge in [-0.15, -0.1) is 0 Å². The van der Waals surface area contributed by atoms with Crippen molar-refractivity contribution in [3.8, 4) is 0 Å². The van der Waals surface area contributed by atoms with Gasteiger partial charge >= 0.3 is 6.09 Å². The minimum atomic E-state index is -1.03. The molecule has 3 rings (SSSR count). The Kier molecular flexibility index (Phi) is 4.45. The SMILES string of the molecule is O=C(O)N[C@@H]1c2ccccc2C[C@@H]1OCc1ccc(Br)cc1. The number of halogens is 1. The van der Waals surface area contributed by atoms with Crippen LogP contribution in [0.2, 0.25) is 0 Å². The van der Waals surface area contributed by atoms with Gasteiger partial charge in [0, 0.05) is 10.9 Å². The van der Waals surface area contributed by atoms with Gasteiger partial charge in [0.05, 0.1) is 18.8 Å². The Bertz CT molecular complexity index is 672. The molecule has 4 nitrogen and oxygen atoms in total. The summed E-state index contributed by atoms with van der Waals surface area (Å²) < 4.78 is 7.01. The fourth-order valence-electron chi connectivity index (χ4n) is 2.80. The molecule has 0 fully saturated rings. The zero-order valence-corrected chi connectivity index (χ0v) is 13.4. The van der Waals surface area contributed by atoms with Gasteiger partial charge in [0.25, 0.3) is 0 Å². The molecular weight excluding hydrogens is 346 g/mol. The summed E-state index contributed by atoms with van der Waals surface area (Å²) in [6.45, 7) is 0.462. The molecule has 0 heterocycles. The van der Waals surface area contributed by atoms with E-state index in [1.807, 2.05) is 48.5 Å². The van der Waals surface area contributed by atoms with Crippen LogP contribution in [0.1, 0.15) is 22.7 Å². The molecule has 2 aromatic rings. The van der Waals surface area contributed by atoms with Gasteiger partial charge in [0.1, 0.15) is 0 Å². The summed E-state index contributed by atoms with van der Waals surface area (Å²) in [4.78, 5) is 11.1. The quantitative estimate of drug-likeness (QED) is 0.867. The first-order chi connectivity index (χ1) is 10.6. The van der Waals surface area contributed by atoms with Crippen molar-refractivity contribution >= 4 is 22.0 Å². The summed E-state index contributed by atoms with van der Waals surface area (Å²) >= 11 is 3.40. The molecule has 0 spiro atoms. The lowest BCUT2D eigenvalue weighted by molar-refractivity contribution is 0.0233. The second-order valence-corrected chi connectivity index (χ2v) is 6.22. The van der Waals surface area contributed by atoms with Gasteiger partial charge in [-0.05, 0) is 28.8 Å². The number of ether oxygens (including phenoxy) is 1. The molecular formula is C17H16BrNO3. The minimum Gasteiger partial charge on any atom is -0.465 e. The van der Waals surface area contributed by atoms with Crippen LogP contribution in [0.3, 0.4) is 0 Å². The maximum absolute atomic E-state index is 11.1. The van der Waals surface area contributed by atoms with Crippen LogP contribution in [-0.2, 0) is 17.8 Å². The first-order valence-corrected chi connectivity index (χ1v) is 7.86. The van der Waals surface area contributed by atoms with Crippen molar-refractivity contribution in [2.75, 3.05) is 0 Å². The number of rotatable bonds is 4. The number of nitrogens with one attached hydrogen (secondary N) is 1. The normalized spacial score (nSPS) is 19.7. The van der Waals surface area contributed by atoms with Crippen LogP contribution in [-0.4, -0.2) is 17.3 Å². The average Bonchev–Trinajstić information content (AvgIpc) is 2.84. The first-order valence-electron chi connectivity index (χ1n) is 7.07. The Labute approximate surface area is 137 Å². The third kappa shape index (κ3) is 3.31. The molecule has 1 aliphatic carbocycles. The summed E-state index contributed by atoms with van der Waals surface area (Å²) in [7, 11) is 0. The van der Waals surface area contributed by atoms with Crippen molar-refractivity contribution in [3.05, 3.63) is 69.7 Å². The number of amides is 1. The molecule has 1 amide bonds. The highest BCUT2D eigenvalue weighted by Gasteiger charge is 2.34. The summed E-state index contributed by atoms with van der Waals surface area (Å²) in [5.41, 5.74) is 3.21. The van der Waals surface area contributed by atoms with Gasteiger partial charge in [-0.25, -0.2) is 4.79 Å². The third-order valence-corrected chi connectivity index (χ3v) is 4.37.